The molecule has 109 heavy (non-hydrogen) atoms. The van der Waals surface area contributed by atoms with Gasteiger partial charge in [0, 0.05) is 19.3 Å². The summed E-state index contributed by atoms with van der Waals surface area (Å²) in [6.07, 6.45) is 107. The highest BCUT2D eigenvalue weighted by atomic mass is 31.2. The van der Waals surface area contributed by atoms with Crippen molar-refractivity contribution in [2.45, 2.75) is 334 Å². The van der Waals surface area contributed by atoms with Crippen LogP contribution in [0.5, 0.6) is 0 Å². The number of carbonyl (C=O) groups is 3. The number of aliphatic hydroxyl groups excluding tert-OH is 2. The molecule has 16 nitrogen and oxygen atoms in total. The molecule has 4 N–H and O–H groups in total. The average molecular weight is 1560 g/mol. The molecular formula is C91H150O16P2. The number of rotatable bonds is 78. The van der Waals surface area contributed by atoms with E-state index in [0.717, 1.165) is 154 Å². The Morgan fingerprint density at radius 1 is 0.257 bits per heavy atom. The number of phosphoric acid groups is 2. The van der Waals surface area contributed by atoms with Gasteiger partial charge in [0.15, 0.2) is 6.10 Å². The summed E-state index contributed by atoms with van der Waals surface area (Å²) >= 11 is 0. The Balaban J connectivity index is 4.61. The van der Waals surface area contributed by atoms with Gasteiger partial charge in [-0.05, 0) is 148 Å². The van der Waals surface area contributed by atoms with Gasteiger partial charge >= 0.3 is 33.6 Å². The number of esters is 3. The molecule has 0 saturated heterocycles. The summed E-state index contributed by atoms with van der Waals surface area (Å²) < 4.78 is 61.2. The molecule has 0 spiro atoms. The molecule has 0 heterocycles. The Morgan fingerprint density at radius 3 is 0.752 bits per heavy atom. The fourth-order valence-electron chi connectivity index (χ4n) is 10.8. The first kappa shape index (κ1) is 104. The number of hydrogen-bond acceptors (Lipinski definition) is 14. The number of aliphatic hydroxyl groups is 2. The summed E-state index contributed by atoms with van der Waals surface area (Å²) in [6, 6.07) is 0. The van der Waals surface area contributed by atoms with Crippen LogP contribution in [0.15, 0.2) is 182 Å². The van der Waals surface area contributed by atoms with Gasteiger partial charge in [-0.2, -0.15) is 0 Å². The van der Waals surface area contributed by atoms with E-state index in [1.54, 1.807) is 0 Å². The Labute approximate surface area is 662 Å². The van der Waals surface area contributed by atoms with E-state index in [9.17, 15) is 43.5 Å². The van der Waals surface area contributed by atoms with Crippen LogP contribution in [-0.4, -0.2) is 95.9 Å². The second-order valence-corrected chi connectivity index (χ2v) is 30.4. The van der Waals surface area contributed by atoms with Gasteiger partial charge in [-0.3, -0.25) is 32.5 Å². The summed E-state index contributed by atoms with van der Waals surface area (Å²) in [5.41, 5.74) is 0. The summed E-state index contributed by atoms with van der Waals surface area (Å²) in [6.45, 7) is 2.27. The fourth-order valence-corrected chi connectivity index (χ4v) is 12.4. The molecule has 5 atom stereocenters. The Bertz CT molecular complexity index is 2710. The number of ether oxygens (including phenoxy) is 3. The Kier molecular flexibility index (Phi) is 78.1. The number of allylic oxidation sites excluding steroid dienone is 30. The maximum absolute atomic E-state index is 13.0. The molecule has 5 unspecified atom stereocenters. The first-order chi connectivity index (χ1) is 53.2. The highest BCUT2D eigenvalue weighted by Crippen LogP contribution is 2.45. The molecule has 620 valence electrons. The van der Waals surface area contributed by atoms with Crippen molar-refractivity contribution in [2.75, 3.05) is 39.6 Å². The highest BCUT2D eigenvalue weighted by Gasteiger charge is 2.29. The molecule has 0 radical (unpaired) electrons. The monoisotopic (exact) mass is 1560 g/mol. The van der Waals surface area contributed by atoms with Crippen molar-refractivity contribution in [1.82, 2.24) is 0 Å². The topological polar surface area (TPSA) is 231 Å². The molecule has 0 amide bonds. The van der Waals surface area contributed by atoms with E-state index in [-0.39, 0.29) is 19.3 Å². The van der Waals surface area contributed by atoms with Crippen LogP contribution in [0.2, 0.25) is 0 Å². The van der Waals surface area contributed by atoms with Crippen molar-refractivity contribution in [3.05, 3.63) is 182 Å². The van der Waals surface area contributed by atoms with Crippen molar-refractivity contribution in [1.29, 1.82) is 0 Å². The molecule has 0 aromatic carbocycles. The van der Waals surface area contributed by atoms with Gasteiger partial charge in [-0.15, -0.1) is 0 Å². The van der Waals surface area contributed by atoms with Gasteiger partial charge in [-0.1, -0.05) is 331 Å². The number of unbranched alkanes of at least 4 members (excludes halogenated alkanes) is 25. The summed E-state index contributed by atoms with van der Waals surface area (Å²) in [5, 5.41) is 20.7. The Morgan fingerprint density at radius 2 is 0.468 bits per heavy atom. The average Bonchev–Trinajstić information content (AvgIpc) is 0.902. The van der Waals surface area contributed by atoms with Crippen LogP contribution in [0.25, 0.3) is 0 Å². The van der Waals surface area contributed by atoms with Crippen molar-refractivity contribution < 1.29 is 75.8 Å². The molecule has 0 fully saturated rings. The van der Waals surface area contributed by atoms with E-state index >= 15 is 0 Å². The third-order valence-electron chi connectivity index (χ3n) is 17.1. The second kappa shape index (κ2) is 82.1. The van der Waals surface area contributed by atoms with Gasteiger partial charge in [0.05, 0.1) is 26.4 Å². The van der Waals surface area contributed by atoms with Gasteiger partial charge in [0.1, 0.15) is 25.4 Å². The van der Waals surface area contributed by atoms with Crippen LogP contribution in [0.4, 0.5) is 0 Å². The number of phosphoric ester groups is 2. The van der Waals surface area contributed by atoms with E-state index in [4.69, 9.17) is 32.3 Å². The van der Waals surface area contributed by atoms with Gasteiger partial charge in [0.25, 0.3) is 0 Å². The third-order valence-corrected chi connectivity index (χ3v) is 19.0. The predicted molar refractivity (Wildman–Crippen MR) is 454 cm³/mol. The maximum Gasteiger partial charge on any atom is 0.472 e. The normalized spacial score (nSPS) is 14.8. The van der Waals surface area contributed by atoms with E-state index in [1.807, 2.05) is 12.2 Å². The molecule has 0 rings (SSSR count). The molecule has 0 aliphatic rings. The van der Waals surface area contributed by atoms with Crippen molar-refractivity contribution in [3.63, 3.8) is 0 Å². The van der Waals surface area contributed by atoms with E-state index in [0.29, 0.717) is 25.7 Å². The standard InChI is InChI=1S/C91H150O16P2/c1-4-7-10-13-16-19-22-25-28-31-33-35-37-39-41-42-44-46-47-49-51-54-56-59-62-65-68-71-74-77-89(94)101-80-86(92)81-103-108(97,98)104-82-87(93)83-105-109(99,100)106-85-88(107-91(96)79-76-73-70-67-64-61-58-53-30-27-24-21-18-15-12-9-6-3)84-102-90(95)78-75-72-69-66-63-60-57-55-52-50-48-45-43-40-38-36-34-32-29-26-23-20-17-14-11-8-5-2/h7-12,16-21,25-30,33-36,39-41,43,58,61,67,70,86-88,92-93H,4-6,13-15,22-24,31-32,37-38,42,44-57,59-60,62-66,68-69,71-85H2,1-3H3,(H,97,98)(H,99,100)/b10-7-,11-8-,12-9-,19-16-,20-17-,21-18-,28-25-,29-26-,30-27-,35-33-,36-34-,41-39-,43-40-,61-58-,70-67-. The van der Waals surface area contributed by atoms with E-state index in [1.165, 1.54) is 96.3 Å². The van der Waals surface area contributed by atoms with Crippen molar-refractivity contribution in [2.24, 2.45) is 0 Å². The minimum atomic E-state index is -4.96. The van der Waals surface area contributed by atoms with Gasteiger partial charge < -0.3 is 34.2 Å². The van der Waals surface area contributed by atoms with Crippen molar-refractivity contribution in [3.8, 4) is 0 Å². The van der Waals surface area contributed by atoms with Crippen LogP contribution in [0, 0.1) is 0 Å². The predicted octanol–water partition coefficient (Wildman–Crippen LogP) is 25.3. The molecule has 0 saturated carbocycles. The lowest BCUT2D eigenvalue weighted by Crippen LogP contribution is -2.30. The van der Waals surface area contributed by atoms with Gasteiger partial charge in [-0.25, -0.2) is 9.13 Å². The van der Waals surface area contributed by atoms with Crippen LogP contribution in [0.1, 0.15) is 316 Å². The summed E-state index contributed by atoms with van der Waals surface area (Å²) in [5.74, 6) is -1.65. The minimum absolute atomic E-state index is 0.0201. The maximum atomic E-state index is 13.0. The molecule has 0 aliphatic heterocycles. The number of hydrogen-bond donors (Lipinski definition) is 4. The summed E-state index contributed by atoms with van der Waals surface area (Å²) in [4.78, 5) is 58.8. The second-order valence-electron chi connectivity index (χ2n) is 27.5. The van der Waals surface area contributed by atoms with Gasteiger partial charge in [0.2, 0.25) is 0 Å². The lowest BCUT2D eigenvalue weighted by atomic mass is 10.0. The molecular weight excluding hydrogens is 1410 g/mol. The van der Waals surface area contributed by atoms with Crippen LogP contribution >= 0.6 is 15.6 Å². The first-order valence-electron chi connectivity index (χ1n) is 42.1. The van der Waals surface area contributed by atoms with E-state index in [2.05, 4.69) is 191 Å². The highest BCUT2D eigenvalue weighted by molar-refractivity contribution is 7.47. The lowest BCUT2D eigenvalue weighted by Gasteiger charge is -2.21. The minimum Gasteiger partial charge on any atom is -0.463 e. The molecule has 18 heteroatoms. The fraction of sp³-hybridized carbons (Fsp3) is 0.637. The Hall–Kier alpha value is -5.35. The molecule has 0 aromatic heterocycles. The zero-order valence-corrected chi connectivity index (χ0v) is 69.7. The SMILES string of the molecule is CC/C=C\C/C=C\C/C=C\C/C=C\C/C=C\CCCCCCCCCCCCCCCC(=O)OCC(O)COP(=O)(O)OCC(O)COP(=O)(O)OCC(COC(=O)CCCCCCCCCCCCC/C=C\C/C=C\C/C=C\C/C=C\C/C=C\CC)OC(=O)CCC/C=C\C/C=C\C/C=C\C/C=C\C/C=C\CC. The summed E-state index contributed by atoms with van der Waals surface area (Å²) in [7, 11) is -9.83. The zero-order chi connectivity index (χ0) is 79.4. The first-order valence-corrected chi connectivity index (χ1v) is 45.1. The van der Waals surface area contributed by atoms with Crippen LogP contribution in [-0.2, 0) is 55.8 Å². The molecule has 0 aliphatic carbocycles. The van der Waals surface area contributed by atoms with E-state index < -0.39 is 91.5 Å². The zero-order valence-electron chi connectivity index (χ0n) is 67.9. The van der Waals surface area contributed by atoms with Crippen molar-refractivity contribution >= 4 is 33.6 Å². The largest absolute Gasteiger partial charge is 0.472 e. The molecule has 0 bridgehead atoms. The third kappa shape index (κ3) is 83.4. The van der Waals surface area contributed by atoms with Crippen LogP contribution < -0.4 is 0 Å². The molecule has 0 aromatic rings. The number of carbonyl (C=O) groups excluding carboxylic acids is 3. The quantitative estimate of drug-likeness (QED) is 0.0146. The smallest absolute Gasteiger partial charge is 0.463 e. The van der Waals surface area contributed by atoms with Crippen LogP contribution in [0.3, 0.4) is 0 Å². The lowest BCUT2D eigenvalue weighted by molar-refractivity contribution is -0.161.